The maximum atomic E-state index is 13.6. The molecule has 0 radical (unpaired) electrons. The van der Waals surface area contributed by atoms with Crippen LogP contribution in [0.3, 0.4) is 0 Å². The number of alkyl halides is 3. The number of amides is 2. The van der Waals surface area contributed by atoms with Gasteiger partial charge in [0.25, 0.3) is 11.8 Å². The van der Waals surface area contributed by atoms with E-state index >= 15 is 0 Å². The number of halogens is 4. The van der Waals surface area contributed by atoms with Crippen LogP contribution in [0.15, 0.2) is 91.1 Å². The Morgan fingerprint density at radius 3 is 2.27 bits per heavy atom. The topological polar surface area (TPSA) is 94.7 Å². The number of ether oxygens (including phenoxy) is 1. The molecule has 252 valence electrons. The van der Waals surface area contributed by atoms with Gasteiger partial charge in [-0.25, -0.2) is 4.98 Å². The predicted molar refractivity (Wildman–Crippen MR) is 184 cm³/mol. The Bertz CT molecular complexity index is 2000. The van der Waals surface area contributed by atoms with Gasteiger partial charge in [0, 0.05) is 63.8 Å². The molecule has 2 amide bonds. The van der Waals surface area contributed by atoms with Crippen molar-refractivity contribution in [3.05, 3.63) is 119 Å². The summed E-state index contributed by atoms with van der Waals surface area (Å²) in [5.41, 5.74) is 2.81. The van der Waals surface area contributed by atoms with Gasteiger partial charge in [-0.1, -0.05) is 18.2 Å². The van der Waals surface area contributed by atoms with E-state index in [4.69, 9.17) is 10.00 Å². The maximum Gasteiger partial charge on any atom is 0.416 e. The average Bonchev–Trinajstić information content (AvgIpc) is 3.45. The summed E-state index contributed by atoms with van der Waals surface area (Å²) < 4.78 is 46.7. The van der Waals surface area contributed by atoms with Gasteiger partial charge in [0.2, 0.25) is 5.88 Å². The summed E-state index contributed by atoms with van der Waals surface area (Å²) in [6.45, 7) is 3.40. The van der Waals surface area contributed by atoms with Crippen molar-refractivity contribution >= 4 is 45.4 Å². The molecule has 3 heterocycles. The minimum atomic E-state index is -4.49. The summed E-state index contributed by atoms with van der Waals surface area (Å²) in [5, 5.41) is 9.76. The molecule has 1 aliphatic heterocycles. The molecule has 9 nitrogen and oxygen atoms in total. The standard InChI is InChI=1S/C36H31F3N6O3.BrH/c1-42(34(46)26-10-12-27(13-11-26)36(37,38)39)28-14-15-33(41-22-28)48-32-5-3-4-30-29(32)20-31(43(30)2)35(47)45-18-16-44(17-19-45)23-25-8-6-24(21-40)7-9-25;/h3-15,20,22H,16-19,23H2,1-2H3;1H. The van der Waals surface area contributed by atoms with Crippen LogP contribution in [-0.2, 0) is 19.8 Å². The van der Waals surface area contributed by atoms with Crippen molar-refractivity contribution in [2.75, 3.05) is 38.1 Å². The Balaban J connectivity index is 0.00000468. The number of carbonyl (C=O) groups excluding carboxylic acids is 2. The maximum absolute atomic E-state index is 13.6. The molecule has 3 aromatic carbocycles. The molecule has 6 rings (SSSR count). The minimum absolute atomic E-state index is 0. The first kappa shape index (κ1) is 35.1. The van der Waals surface area contributed by atoms with E-state index in [1.54, 1.807) is 18.2 Å². The molecule has 2 aromatic heterocycles. The molecule has 0 aliphatic carbocycles. The first-order chi connectivity index (χ1) is 23.0. The van der Waals surface area contributed by atoms with Crippen LogP contribution in [0.4, 0.5) is 18.9 Å². The second-order valence-corrected chi connectivity index (χ2v) is 11.6. The van der Waals surface area contributed by atoms with E-state index in [9.17, 15) is 22.8 Å². The van der Waals surface area contributed by atoms with Crippen LogP contribution in [0.1, 0.15) is 37.5 Å². The van der Waals surface area contributed by atoms with E-state index in [0.717, 1.165) is 60.4 Å². The van der Waals surface area contributed by atoms with Crippen LogP contribution in [0.2, 0.25) is 0 Å². The lowest BCUT2D eigenvalue weighted by Gasteiger charge is -2.34. The van der Waals surface area contributed by atoms with E-state index in [1.807, 2.05) is 59.0 Å². The van der Waals surface area contributed by atoms with Crippen LogP contribution >= 0.6 is 17.0 Å². The van der Waals surface area contributed by atoms with Crippen LogP contribution in [-0.4, -0.2) is 64.4 Å². The van der Waals surface area contributed by atoms with Crippen molar-refractivity contribution in [1.82, 2.24) is 19.4 Å². The van der Waals surface area contributed by atoms with Crippen molar-refractivity contribution in [2.45, 2.75) is 12.7 Å². The van der Waals surface area contributed by atoms with Crippen molar-refractivity contribution in [3.63, 3.8) is 0 Å². The first-order valence-electron chi connectivity index (χ1n) is 15.2. The molecular weight excluding hydrogens is 701 g/mol. The van der Waals surface area contributed by atoms with E-state index < -0.39 is 17.6 Å². The molecule has 0 saturated carbocycles. The number of hydrogen-bond acceptors (Lipinski definition) is 6. The fourth-order valence-corrected chi connectivity index (χ4v) is 5.70. The van der Waals surface area contributed by atoms with Crippen molar-refractivity contribution in [2.24, 2.45) is 7.05 Å². The summed E-state index contributed by atoms with van der Waals surface area (Å²) in [7, 11) is 3.35. The van der Waals surface area contributed by atoms with Crippen molar-refractivity contribution in [3.8, 4) is 17.7 Å². The molecule has 1 fully saturated rings. The van der Waals surface area contributed by atoms with Gasteiger partial charge in [-0.2, -0.15) is 18.4 Å². The van der Waals surface area contributed by atoms with Gasteiger partial charge in [0.05, 0.1) is 34.6 Å². The highest BCUT2D eigenvalue weighted by atomic mass is 79.9. The molecule has 0 atom stereocenters. The number of nitriles is 1. The number of anilines is 1. The highest BCUT2D eigenvalue weighted by Crippen LogP contribution is 2.33. The van der Waals surface area contributed by atoms with E-state index in [0.29, 0.717) is 35.8 Å². The molecular formula is C36H32BrF3N6O3. The molecule has 0 bridgehead atoms. The Morgan fingerprint density at radius 2 is 1.65 bits per heavy atom. The van der Waals surface area contributed by atoms with Crippen LogP contribution in [0, 0.1) is 11.3 Å². The molecule has 5 aromatic rings. The molecule has 49 heavy (non-hydrogen) atoms. The Labute approximate surface area is 291 Å². The summed E-state index contributed by atoms with van der Waals surface area (Å²) in [4.78, 5) is 36.3. The fraction of sp³-hybridized carbons (Fsp3) is 0.222. The molecule has 0 spiro atoms. The summed E-state index contributed by atoms with van der Waals surface area (Å²) in [6.07, 6.45) is -3.04. The highest BCUT2D eigenvalue weighted by molar-refractivity contribution is 8.93. The Hall–Kier alpha value is -5.19. The first-order valence-corrected chi connectivity index (χ1v) is 15.2. The zero-order chi connectivity index (χ0) is 34.0. The van der Waals surface area contributed by atoms with Gasteiger partial charge < -0.3 is 19.1 Å². The zero-order valence-corrected chi connectivity index (χ0v) is 28.4. The number of hydrogen-bond donors (Lipinski definition) is 0. The monoisotopic (exact) mass is 732 g/mol. The second kappa shape index (κ2) is 14.5. The Kier molecular flexibility index (Phi) is 10.4. The lowest BCUT2D eigenvalue weighted by molar-refractivity contribution is -0.137. The molecule has 1 aliphatic rings. The number of benzene rings is 3. The predicted octanol–water partition coefficient (Wildman–Crippen LogP) is 7.07. The van der Waals surface area contributed by atoms with Crippen LogP contribution in [0.5, 0.6) is 11.6 Å². The average molecular weight is 734 g/mol. The number of aryl methyl sites for hydroxylation is 1. The number of carbonyl (C=O) groups is 2. The third kappa shape index (κ3) is 7.61. The largest absolute Gasteiger partial charge is 0.438 e. The normalized spacial score (nSPS) is 13.4. The van der Waals surface area contributed by atoms with Gasteiger partial charge in [0.15, 0.2) is 0 Å². The number of rotatable bonds is 7. The van der Waals surface area contributed by atoms with Gasteiger partial charge in [-0.05, 0) is 66.2 Å². The number of aromatic nitrogens is 2. The lowest BCUT2D eigenvalue weighted by atomic mass is 10.1. The van der Waals surface area contributed by atoms with Gasteiger partial charge in [-0.15, -0.1) is 17.0 Å². The zero-order valence-electron chi connectivity index (χ0n) is 26.6. The van der Waals surface area contributed by atoms with Crippen molar-refractivity contribution in [1.29, 1.82) is 5.26 Å². The third-order valence-electron chi connectivity index (χ3n) is 8.50. The third-order valence-corrected chi connectivity index (χ3v) is 8.50. The lowest BCUT2D eigenvalue weighted by Crippen LogP contribution is -2.48. The number of pyridine rings is 1. The van der Waals surface area contributed by atoms with Crippen LogP contribution < -0.4 is 9.64 Å². The Morgan fingerprint density at radius 1 is 0.959 bits per heavy atom. The minimum Gasteiger partial charge on any atom is -0.438 e. The molecule has 1 saturated heterocycles. The number of fused-ring (bicyclic) bond motifs is 1. The molecule has 0 unspecified atom stereocenters. The smallest absolute Gasteiger partial charge is 0.416 e. The van der Waals surface area contributed by atoms with E-state index in [1.165, 1.54) is 18.1 Å². The highest BCUT2D eigenvalue weighted by Gasteiger charge is 2.30. The van der Waals surface area contributed by atoms with Gasteiger partial charge >= 0.3 is 6.18 Å². The summed E-state index contributed by atoms with van der Waals surface area (Å²) in [6, 6.07) is 24.3. The van der Waals surface area contributed by atoms with E-state index in [2.05, 4.69) is 16.0 Å². The van der Waals surface area contributed by atoms with E-state index in [-0.39, 0.29) is 34.3 Å². The quantitative estimate of drug-likeness (QED) is 0.178. The molecule has 13 heteroatoms. The second-order valence-electron chi connectivity index (χ2n) is 11.6. The van der Waals surface area contributed by atoms with Gasteiger partial charge in [-0.3, -0.25) is 14.5 Å². The number of nitrogens with zero attached hydrogens (tertiary/aromatic N) is 6. The summed E-state index contributed by atoms with van der Waals surface area (Å²) >= 11 is 0. The molecule has 0 N–H and O–H groups in total. The SMILES string of the molecule is Br.CN(C(=O)c1ccc(C(F)(F)F)cc1)c1ccc(Oc2cccc3c2cc(C(=O)N2CCN(Cc4ccc(C#N)cc4)CC2)n3C)nc1. The van der Waals surface area contributed by atoms with Crippen LogP contribution in [0.25, 0.3) is 10.9 Å². The number of piperazine rings is 1. The fourth-order valence-electron chi connectivity index (χ4n) is 5.70. The summed E-state index contributed by atoms with van der Waals surface area (Å²) in [5.74, 6) is 0.208. The van der Waals surface area contributed by atoms with Gasteiger partial charge in [0.1, 0.15) is 11.4 Å². The van der Waals surface area contributed by atoms with Crippen molar-refractivity contribution < 1.29 is 27.5 Å².